The summed E-state index contributed by atoms with van der Waals surface area (Å²) in [6, 6.07) is 7.62. The lowest BCUT2D eigenvalue weighted by molar-refractivity contribution is 0.0454. The topological polar surface area (TPSA) is 75.0 Å². The van der Waals surface area contributed by atoms with Crippen LogP contribution in [0.5, 0.6) is 0 Å². The number of rotatable bonds is 4. The molecule has 1 amide bonds. The van der Waals surface area contributed by atoms with E-state index in [-0.39, 0.29) is 11.7 Å². The minimum atomic E-state index is -0.526. The molecule has 0 aliphatic carbocycles. The molecule has 1 atom stereocenters. The SMILES string of the molecule is Cc1ccc2c(CN3CCN(C)C[C@@H]3CNC(=O)OC(C)(C)C)cc(=O)oc2c1. The van der Waals surface area contributed by atoms with Gasteiger partial charge in [0.1, 0.15) is 11.2 Å². The molecule has 0 unspecified atom stereocenters. The molecule has 7 nitrogen and oxygen atoms in total. The Bertz CT molecular complexity index is 932. The monoisotopic (exact) mass is 401 g/mol. The number of aryl methyl sites for hydroxylation is 1. The lowest BCUT2D eigenvalue weighted by atomic mass is 10.1. The highest BCUT2D eigenvalue weighted by Gasteiger charge is 2.27. The molecule has 0 radical (unpaired) electrons. The molecule has 3 rings (SSSR count). The summed E-state index contributed by atoms with van der Waals surface area (Å²) in [5, 5.41) is 3.84. The van der Waals surface area contributed by atoms with E-state index in [1.165, 1.54) is 0 Å². The Morgan fingerprint density at radius 3 is 2.76 bits per heavy atom. The van der Waals surface area contributed by atoms with Gasteiger partial charge in [-0.15, -0.1) is 0 Å². The third kappa shape index (κ3) is 5.81. The molecule has 0 saturated carbocycles. The number of alkyl carbamates (subject to hydrolysis) is 1. The van der Waals surface area contributed by atoms with Crippen LogP contribution in [0, 0.1) is 6.92 Å². The normalized spacial score (nSPS) is 18.7. The second-order valence-corrected chi connectivity index (χ2v) is 8.86. The first-order valence-corrected chi connectivity index (χ1v) is 10.0. The first-order valence-electron chi connectivity index (χ1n) is 10.0. The van der Waals surface area contributed by atoms with Crippen molar-refractivity contribution in [3.63, 3.8) is 0 Å². The number of piperazine rings is 1. The number of carbonyl (C=O) groups is 1. The van der Waals surface area contributed by atoms with Gasteiger partial charge >= 0.3 is 11.7 Å². The van der Waals surface area contributed by atoms with Crippen LogP contribution >= 0.6 is 0 Å². The number of fused-ring (bicyclic) bond motifs is 1. The van der Waals surface area contributed by atoms with Crippen LogP contribution in [0.2, 0.25) is 0 Å². The Morgan fingerprint density at radius 2 is 2.03 bits per heavy atom. The quantitative estimate of drug-likeness (QED) is 0.794. The molecule has 1 saturated heterocycles. The summed E-state index contributed by atoms with van der Waals surface area (Å²) >= 11 is 0. The molecule has 1 aromatic carbocycles. The van der Waals surface area contributed by atoms with Crippen molar-refractivity contribution in [2.24, 2.45) is 0 Å². The predicted octanol–water partition coefficient (Wildman–Crippen LogP) is 2.74. The Morgan fingerprint density at radius 1 is 1.28 bits per heavy atom. The standard InChI is InChI=1S/C22H31N3O4/c1-15-6-7-18-16(11-20(26)28-19(18)10-15)13-25-9-8-24(5)14-17(25)12-23-21(27)29-22(2,3)4/h6-7,10-11,17H,8-9,12-14H2,1-5H3,(H,23,27)/t17-/m0/s1. The van der Waals surface area contributed by atoms with Crippen LogP contribution < -0.4 is 10.9 Å². The predicted molar refractivity (Wildman–Crippen MR) is 113 cm³/mol. The zero-order valence-corrected chi connectivity index (χ0v) is 17.9. The number of likely N-dealkylation sites (N-methyl/N-ethyl adjacent to an activating group) is 1. The largest absolute Gasteiger partial charge is 0.444 e. The minimum absolute atomic E-state index is 0.119. The van der Waals surface area contributed by atoms with Crippen molar-refractivity contribution in [3.8, 4) is 0 Å². The highest BCUT2D eigenvalue weighted by atomic mass is 16.6. The van der Waals surface area contributed by atoms with E-state index < -0.39 is 11.7 Å². The number of benzene rings is 1. The zero-order chi connectivity index (χ0) is 21.2. The molecule has 7 heteroatoms. The highest BCUT2D eigenvalue weighted by Crippen LogP contribution is 2.22. The summed E-state index contributed by atoms with van der Waals surface area (Å²) in [6.45, 7) is 11.2. The van der Waals surface area contributed by atoms with Gasteiger partial charge in [0.15, 0.2) is 0 Å². The fraction of sp³-hybridized carbons (Fsp3) is 0.545. The van der Waals surface area contributed by atoms with E-state index in [2.05, 4.69) is 22.2 Å². The van der Waals surface area contributed by atoms with Gasteiger partial charge in [0, 0.05) is 50.2 Å². The smallest absolute Gasteiger partial charge is 0.407 e. The van der Waals surface area contributed by atoms with Crippen LogP contribution in [0.1, 0.15) is 31.9 Å². The fourth-order valence-electron chi connectivity index (χ4n) is 3.65. The van der Waals surface area contributed by atoms with Crippen molar-refractivity contribution in [1.82, 2.24) is 15.1 Å². The van der Waals surface area contributed by atoms with Gasteiger partial charge in [0.25, 0.3) is 0 Å². The second kappa shape index (κ2) is 8.55. The summed E-state index contributed by atoms with van der Waals surface area (Å²) in [5.41, 5.74) is 1.75. The molecule has 1 aliphatic heterocycles. The molecular formula is C22H31N3O4. The Balaban J connectivity index is 1.77. The molecule has 1 aromatic heterocycles. The molecule has 2 aromatic rings. The second-order valence-electron chi connectivity index (χ2n) is 8.86. The number of hydrogen-bond acceptors (Lipinski definition) is 6. The van der Waals surface area contributed by atoms with Crippen molar-refractivity contribution >= 4 is 17.1 Å². The molecule has 2 heterocycles. The van der Waals surface area contributed by atoms with Crippen molar-refractivity contribution in [3.05, 3.63) is 45.8 Å². The Kier molecular flexibility index (Phi) is 6.29. The van der Waals surface area contributed by atoms with Gasteiger partial charge < -0.3 is 19.4 Å². The van der Waals surface area contributed by atoms with E-state index in [9.17, 15) is 9.59 Å². The van der Waals surface area contributed by atoms with Crippen molar-refractivity contribution in [2.75, 3.05) is 33.2 Å². The average molecular weight is 402 g/mol. The van der Waals surface area contributed by atoms with E-state index in [0.29, 0.717) is 18.7 Å². The zero-order valence-electron chi connectivity index (χ0n) is 17.9. The van der Waals surface area contributed by atoms with E-state index in [4.69, 9.17) is 9.15 Å². The van der Waals surface area contributed by atoms with Gasteiger partial charge in [0.05, 0.1) is 0 Å². The van der Waals surface area contributed by atoms with Crippen LogP contribution in [-0.2, 0) is 11.3 Å². The number of hydrogen-bond donors (Lipinski definition) is 1. The summed E-state index contributed by atoms with van der Waals surface area (Å²) < 4.78 is 10.7. The maximum Gasteiger partial charge on any atom is 0.407 e. The molecule has 1 N–H and O–H groups in total. The minimum Gasteiger partial charge on any atom is -0.444 e. The van der Waals surface area contributed by atoms with Gasteiger partial charge in [-0.3, -0.25) is 4.90 Å². The Labute approximate surface area is 171 Å². The summed E-state index contributed by atoms with van der Waals surface area (Å²) in [7, 11) is 2.08. The lowest BCUT2D eigenvalue weighted by Gasteiger charge is -2.40. The summed E-state index contributed by atoms with van der Waals surface area (Å²) in [6.07, 6.45) is -0.410. The van der Waals surface area contributed by atoms with Gasteiger partial charge in [-0.25, -0.2) is 9.59 Å². The third-order valence-corrected chi connectivity index (χ3v) is 5.05. The lowest BCUT2D eigenvalue weighted by Crippen LogP contribution is -2.55. The molecule has 0 spiro atoms. The molecular weight excluding hydrogens is 370 g/mol. The molecule has 1 aliphatic rings. The van der Waals surface area contributed by atoms with Gasteiger partial charge in [-0.2, -0.15) is 0 Å². The van der Waals surface area contributed by atoms with E-state index in [0.717, 1.165) is 36.1 Å². The van der Waals surface area contributed by atoms with E-state index in [1.54, 1.807) is 6.07 Å². The summed E-state index contributed by atoms with van der Waals surface area (Å²) in [4.78, 5) is 28.7. The molecule has 29 heavy (non-hydrogen) atoms. The molecule has 0 bridgehead atoms. The van der Waals surface area contributed by atoms with Crippen LogP contribution in [0.25, 0.3) is 11.0 Å². The van der Waals surface area contributed by atoms with Crippen LogP contribution in [0.4, 0.5) is 4.79 Å². The van der Waals surface area contributed by atoms with Crippen LogP contribution in [0.15, 0.2) is 33.5 Å². The number of nitrogens with zero attached hydrogens (tertiary/aromatic N) is 2. The maximum atomic E-state index is 12.1. The number of ether oxygens (including phenoxy) is 1. The van der Waals surface area contributed by atoms with Crippen LogP contribution in [-0.4, -0.2) is 60.8 Å². The van der Waals surface area contributed by atoms with Gasteiger partial charge in [-0.05, 0) is 51.9 Å². The van der Waals surface area contributed by atoms with Crippen molar-refractivity contribution < 1.29 is 13.9 Å². The number of nitrogens with one attached hydrogen (secondary N) is 1. The van der Waals surface area contributed by atoms with Gasteiger partial charge in [-0.1, -0.05) is 12.1 Å². The maximum absolute atomic E-state index is 12.1. The van der Waals surface area contributed by atoms with Gasteiger partial charge in [0.2, 0.25) is 0 Å². The fourth-order valence-corrected chi connectivity index (χ4v) is 3.65. The third-order valence-electron chi connectivity index (χ3n) is 5.05. The van der Waals surface area contributed by atoms with E-state index in [1.807, 2.05) is 45.9 Å². The van der Waals surface area contributed by atoms with Crippen molar-refractivity contribution in [1.29, 1.82) is 0 Å². The van der Waals surface area contributed by atoms with Crippen LogP contribution in [0.3, 0.4) is 0 Å². The Hall–Kier alpha value is -2.38. The first-order chi connectivity index (χ1) is 13.6. The van der Waals surface area contributed by atoms with E-state index >= 15 is 0 Å². The number of carbonyl (C=O) groups excluding carboxylic acids is 1. The average Bonchev–Trinajstić information content (AvgIpc) is 2.59. The first kappa shape index (κ1) is 21.3. The highest BCUT2D eigenvalue weighted by molar-refractivity contribution is 5.80. The molecule has 158 valence electrons. The van der Waals surface area contributed by atoms with Crippen molar-refractivity contribution in [2.45, 2.75) is 45.9 Å². The molecule has 1 fully saturated rings. The number of amides is 1. The summed E-state index contributed by atoms with van der Waals surface area (Å²) in [5.74, 6) is 0.